The summed E-state index contributed by atoms with van der Waals surface area (Å²) in [5, 5.41) is 5.48. The Balaban J connectivity index is 1.59. The van der Waals surface area contributed by atoms with E-state index < -0.39 is 17.7 Å². The van der Waals surface area contributed by atoms with Gasteiger partial charge in [-0.25, -0.2) is 4.98 Å². The molecule has 0 bridgehead atoms. The lowest BCUT2D eigenvalue weighted by Crippen LogP contribution is -2.46. The van der Waals surface area contributed by atoms with E-state index in [-0.39, 0.29) is 5.91 Å². The van der Waals surface area contributed by atoms with E-state index in [1.165, 1.54) is 29.1 Å². The fraction of sp³-hybridized carbons (Fsp3) is 0.647. The Kier molecular flexibility index (Phi) is 5.28. The first-order chi connectivity index (χ1) is 11.5. The third-order valence-corrected chi connectivity index (χ3v) is 5.80. The van der Waals surface area contributed by atoms with Gasteiger partial charge in [-0.3, -0.25) is 14.4 Å². The minimum absolute atomic E-state index is 0.0789. The van der Waals surface area contributed by atoms with Gasteiger partial charge in [0.05, 0.1) is 6.54 Å². The van der Waals surface area contributed by atoms with Crippen LogP contribution in [-0.4, -0.2) is 40.1 Å². The van der Waals surface area contributed by atoms with Gasteiger partial charge in [0.25, 0.3) is 5.91 Å². The summed E-state index contributed by atoms with van der Waals surface area (Å²) in [5.74, 6) is -0.639. The average Bonchev–Trinajstić information content (AvgIpc) is 3.28. The molecule has 1 saturated heterocycles. The Hall–Kier alpha value is -1.76. The lowest BCUT2D eigenvalue weighted by molar-refractivity contribution is -0.143. The smallest absolute Gasteiger partial charge is 0.289 e. The quantitative estimate of drug-likeness (QED) is 0.795. The van der Waals surface area contributed by atoms with E-state index in [4.69, 9.17) is 0 Å². The molecule has 0 spiro atoms. The van der Waals surface area contributed by atoms with Crippen LogP contribution in [0.1, 0.15) is 49.2 Å². The molecule has 1 aromatic rings. The molecule has 1 N–H and O–H groups in total. The molecule has 130 valence electrons. The van der Waals surface area contributed by atoms with Gasteiger partial charge in [-0.2, -0.15) is 0 Å². The first-order valence-corrected chi connectivity index (χ1v) is 9.45. The SMILES string of the molecule is Cc1csc(CN2C(=O)CCC2C(=O)C(=O)NCC2CCCC2)n1. The standard InChI is InChI=1S/C17H23N3O3S/c1-11-10-24-14(19-11)9-20-13(6-7-15(20)21)16(22)17(23)18-8-12-4-2-3-5-12/h10,12-13H,2-9H2,1H3,(H,18,23). The van der Waals surface area contributed by atoms with Crippen molar-refractivity contribution < 1.29 is 14.4 Å². The number of thiazole rings is 1. The first-order valence-electron chi connectivity index (χ1n) is 8.57. The van der Waals surface area contributed by atoms with E-state index in [1.54, 1.807) is 0 Å². The Morgan fingerprint density at radius 1 is 1.33 bits per heavy atom. The molecule has 2 fully saturated rings. The van der Waals surface area contributed by atoms with E-state index in [9.17, 15) is 14.4 Å². The number of aromatic nitrogens is 1. The molecule has 1 saturated carbocycles. The molecule has 7 heteroatoms. The number of aryl methyl sites for hydroxylation is 1. The van der Waals surface area contributed by atoms with Crippen molar-refractivity contribution in [1.82, 2.24) is 15.2 Å². The summed E-state index contributed by atoms with van der Waals surface area (Å²) in [4.78, 5) is 42.6. The Morgan fingerprint density at radius 2 is 2.08 bits per heavy atom. The van der Waals surface area contributed by atoms with Gasteiger partial charge in [-0.05, 0) is 32.1 Å². The third-order valence-electron chi connectivity index (χ3n) is 4.85. The molecule has 24 heavy (non-hydrogen) atoms. The summed E-state index contributed by atoms with van der Waals surface area (Å²) in [5.41, 5.74) is 0.902. The number of hydrogen-bond acceptors (Lipinski definition) is 5. The highest BCUT2D eigenvalue weighted by atomic mass is 32.1. The van der Waals surface area contributed by atoms with Gasteiger partial charge in [0.1, 0.15) is 11.0 Å². The molecule has 2 amide bonds. The van der Waals surface area contributed by atoms with Crippen LogP contribution in [0.25, 0.3) is 0 Å². The average molecular weight is 349 g/mol. The maximum Gasteiger partial charge on any atom is 0.289 e. The van der Waals surface area contributed by atoms with Crippen LogP contribution in [0.4, 0.5) is 0 Å². The van der Waals surface area contributed by atoms with Crippen LogP contribution < -0.4 is 5.32 Å². The van der Waals surface area contributed by atoms with E-state index in [2.05, 4.69) is 10.3 Å². The van der Waals surface area contributed by atoms with Crippen molar-refractivity contribution in [3.8, 4) is 0 Å². The maximum atomic E-state index is 12.5. The normalized spacial score (nSPS) is 21.5. The molecule has 2 aliphatic rings. The number of rotatable bonds is 6. The largest absolute Gasteiger partial charge is 0.349 e. The predicted molar refractivity (Wildman–Crippen MR) is 90.4 cm³/mol. The summed E-state index contributed by atoms with van der Waals surface area (Å²) in [6.07, 6.45) is 5.37. The summed E-state index contributed by atoms with van der Waals surface area (Å²) < 4.78 is 0. The van der Waals surface area contributed by atoms with Crippen molar-refractivity contribution in [3.63, 3.8) is 0 Å². The lowest BCUT2D eigenvalue weighted by atomic mass is 10.1. The molecule has 1 unspecified atom stereocenters. The maximum absolute atomic E-state index is 12.5. The second kappa shape index (κ2) is 7.42. The van der Waals surface area contributed by atoms with Gasteiger partial charge in [-0.1, -0.05) is 12.8 Å². The van der Waals surface area contributed by atoms with Crippen LogP contribution in [-0.2, 0) is 20.9 Å². The number of Topliss-reactive ketones (excluding diaryl/α,β-unsaturated/α-hetero) is 1. The Labute approximate surface area is 145 Å². The number of carbonyl (C=O) groups is 3. The molecule has 0 radical (unpaired) electrons. The van der Waals surface area contributed by atoms with Crippen LogP contribution >= 0.6 is 11.3 Å². The van der Waals surface area contributed by atoms with Crippen molar-refractivity contribution in [2.45, 2.75) is 58.0 Å². The molecule has 6 nitrogen and oxygen atoms in total. The Morgan fingerprint density at radius 3 is 2.75 bits per heavy atom. The minimum Gasteiger partial charge on any atom is -0.349 e. The van der Waals surface area contributed by atoms with Gasteiger partial charge >= 0.3 is 0 Å². The molecular formula is C17H23N3O3S. The molecule has 0 aromatic carbocycles. The zero-order valence-electron chi connectivity index (χ0n) is 13.9. The van der Waals surface area contributed by atoms with Crippen LogP contribution in [0, 0.1) is 12.8 Å². The predicted octanol–water partition coefficient (Wildman–Crippen LogP) is 1.82. The summed E-state index contributed by atoms with van der Waals surface area (Å²) in [7, 11) is 0. The molecule has 3 rings (SSSR count). The summed E-state index contributed by atoms with van der Waals surface area (Å²) >= 11 is 1.47. The van der Waals surface area contributed by atoms with E-state index in [1.807, 2.05) is 12.3 Å². The third kappa shape index (κ3) is 3.83. The van der Waals surface area contributed by atoms with Crippen LogP contribution in [0.5, 0.6) is 0 Å². The highest BCUT2D eigenvalue weighted by Crippen LogP contribution is 2.25. The zero-order chi connectivity index (χ0) is 17.1. The summed E-state index contributed by atoms with van der Waals surface area (Å²) in [6.45, 7) is 2.77. The van der Waals surface area contributed by atoms with Crippen LogP contribution in [0.2, 0.25) is 0 Å². The minimum atomic E-state index is -0.648. The zero-order valence-corrected chi connectivity index (χ0v) is 14.7. The van der Waals surface area contributed by atoms with Crippen molar-refractivity contribution in [2.24, 2.45) is 5.92 Å². The summed E-state index contributed by atoms with van der Waals surface area (Å²) in [6, 6.07) is -0.648. The highest BCUT2D eigenvalue weighted by molar-refractivity contribution is 7.09. The van der Waals surface area contributed by atoms with E-state index in [0.29, 0.717) is 31.8 Å². The van der Waals surface area contributed by atoms with Crippen molar-refractivity contribution in [3.05, 3.63) is 16.1 Å². The monoisotopic (exact) mass is 349 g/mol. The molecule has 1 aliphatic heterocycles. The van der Waals surface area contributed by atoms with Crippen molar-refractivity contribution >= 4 is 28.9 Å². The van der Waals surface area contributed by atoms with Crippen LogP contribution in [0.15, 0.2) is 5.38 Å². The fourth-order valence-corrected chi connectivity index (χ4v) is 4.29. The lowest BCUT2D eigenvalue weighted by Gasteiger charge is -2.22. The van der Waals surface area contributed by atoms with E-state index in [0.717, 1.165) is 23.5 Å². The molecule has 1 aromatic heterocycles. The van der Waals surface area contributed by atoms with Crippen molar-refractivity contribution in [2.75, 3.05) is 6.54 Å². The number of ketones is 1. The van der Waals surface area contributed by atoms with Gasteiger partial charge in [0.15, 0.2) is 0 Å². The van der Waals surface area contributed by atoms with Gasteiger partial charge in [0, 0.05) is 24.0 Å². The van der Waals surface area contributed by atoms with Gasteiger partial charge in [-0.15, -0.1) is 11.3 Å². The number of hydrogen-bond donors (Lipinski definition) is 1. The first kappa shape index (κ1) is 17.1. The topological polar surface area (TPSA) is 79.4 Å². The number of nitrogens with zero attached hydrogens (tertiary/aromatic N) is 2. The second-order valence-electron chi connectivity index (χ2n) is 6.68. The number of likely N-dealkylation sites (tertiary alicyclic amines) is 1. The number of amides is 2. The van der Waals surface area contributed by atoms with Crippen LogP contribution in [0.3, 0.4) is 0 Å². The number of nitrogens with one attached hydrogen (secondary N) is 1. The molecular weight excluding hydrogens is 326 g/mol. The highest BCUT2D eigenvalue weighted by Gasteiger charge is 2.39. The van der Waals surface area contributed by atoms with Gasteiger partial charge in [0.2, 0.25) is 11.7 Å². The molecule has 2 heterocycles. The Bertz CT molecular complexity index is 637. The molecule has 1 aliphatic carbocycles. The van der Waals surface area contributed by atoms with E-state index >= 15 is 0 Å². The number of carbonyl (C=O) groups excluding carboxylic acids is 3. The van der Waals surface area contributed by atoms with Gasteiger partial charge < -0.3 is 10.2 Å². The molecule has 1 atom stereocenters. The van der Waals surface area contributed by atoms with Crippen molar-refractivity contribution in [1.29, 1.82) is 0 Å². The second-order valence-corrected chi connectivity index (χ2v) is 7.63. The fourth-order valence-electron chi connectivity index (χ4n) is 3.52.